The molecule has 4 nitrogen and oxygen atoms in total. The minimum absolute atomic E-state index is 0.412. The smallest absolute Gasteiger partial charge is 0.140 e. The molecule has 3 rings (SSSR count). The van der Waals surface area contributed by atoms with Crippen LogP contribution in [0.3, 0.4) is 0 Å². The number of methoxy groups -OCH3 is 1. The van der Waals surface area contributed by atoms with Crippen LogP contribution in [-0.4, -0.2) is 23.0 Å². The highest BCUT2D eigenvalue weighted by Crippen LogP contribution is 2.23. The fourth-order valence-electron chi connectivity index (χ4n) is 2.38. The largest absolute Gasteiger partial charge is 0.497 e. The lowest BCUT2D eigenvalue weighted by atomic mass is 10.0. The Morgan fingerprint density at radius 1 is 1.47 bits per heavy atom. The average Bonchev–Trinajstić information content (AvgIpc) is 2.82. The average molecular weight is 231 g/mol. The number of nitrogens with one attached hydrogen (secondary N) is 1. The Labute approximate surface area is 101 Å². The molecule has 0 saturated carbocycles. The maximum absolute atomic E-state index is 5.21. The molecule has 0 amide bonds. The molecule has 4 heteroatoms. The minimum atomic E-state index is 0.412. The quantitative estimate of drug-likeness (QED) is 0.860. The fourth-order valence-corrected chi connectivity index (χ4v) is 2.38. The van der Waals surface area contributed by atoms with Crippen molar-refractivity contribution in [3.8, 4) is 5.75 Å². The second kappa shape index (κ2) is 4.37. The van der Waals surface area contributed by atoms with Gasteiger partial charge in [-0.1, -0.05) is 6.42 Å². The lowest BCUT2D eigenvalue weighted by Crippen LogP contribution is -2.26. The molecule has 0 radical (unpaired) electrons. The third-order valence-electron chi connectivity index (χ3n) is 3.35. The SMILES string of the molecule is COc1ccn2cc(C3CCCCN3)nc2c1. The molecule has 0 spiro atoms. The van der Waals surface area contributed by atoms with Crippen LogP contribution in [0.1, 0.15) is 31.0 Å². The van der Waals surface area contributed by atoms with Crippen LogP contribution in [0.4, 0.5) is 0 Å². The number of pyridine rings is 1. The number of ether oxygens (including phenoxy) is 1. The molecule has 1 atom stereocenters. The molecular formula is C13H17N3O. The Bertz CT molecular complexity index is 514. The second-order valence-corrected chi connectivity index (χ2v) is 4.50. The summed E-state index contributed by atoms with van der Waals surface area (Å²) in [5, 5.41) is 3.52. The lowest BCUT2D eigenvalue weighted by molar-refractivity contribution is 0.406. The highest BCUT2D eigenvalue weighted by molar-refractivity contribution is 5.46. The van der Waals surface area contributed by atoms with E-state index in [2.05, 4.69) is 16.5 Å². The number of imidazole rings is 1. The zero-order valence-corrected chi connectivity index (χ0v) is 10.0. The van der Waals surface area contributed by atoms with Crippen LogP contribution in [0.25, 0.3) is 5.65 Å². The zero-order chi connectivity index (χ0) is 11.7. The molecule has 0 aromatic carbocycles. The predicted molar refractivity (Wildman–Crippen MR) is 66.3 cm³/mol. The summed E-state index contributed by atoms with van der Waals surface area (Å²) in [6.45, 7) is 1.10. The van der Waals surface area contributed by atoms with E-state index in [4.69, 9.17) is 4.74 Å². The van der Waals surface area contributed by atoms with E-state index >= 15 is 0 Å². The Hall–Kier alpha value is -1.55. The van der Waals surface area contributed by atoms with Crippen molar-refractivity contribution >= 4 is 5.65 Å². The summed E-state index contributed by atoms with van der Waals surface area (Å²) < 4.78 is 7.26. The Morgan fingerprint density at radius 3 is 3.18 bits per heavy atom. The molecule has 1 saturated heterocycles. The monoisotopic (exact) mass is 231 g/mol. The summed E-state index contributed by atoms with van der Waals surface area (Å²) in [4.78, 5) is 4.67. The van der Waals surface area contributed by atoms with Crippen molar-refractivity contribution in [3.05, 3.63) is 30.2 Å². The third kappa shape index (κ3) is 2.00. The Balaban J connectivity index is 1.95. The summed E-state index contributed by atoms with van der Waals surface area (Å²) in [6, 6.07) is 4.33. The normalized spacial score (nSPS) is 20.6. The topological polar surface area (TPSA) is 38.6 Å². The minimum Gasteiger partial charge on any atom is -0.497 e. The highest BCUT2D eigenvalue weighted by Gasteiger charge is 2.17. The van der Waals surface area contributed by atoms with Gasteiger partial charge >= 0.3 is 0 Å². The lowest BCUT2D eigenvalue weighted by Gasteiger charge is -2.21. The molecule has 0 bridgehead atoms. The van der Waals surface area contributed by atoms with Crippen LogP contribution in [0.2, 0.25) is 0 Å². The molecule has 3 heterocycles. The van der Waals surface area contributed by atoms with Gasteiger partial charge in [0.25, 0.3) is 0 Å². The van der Waals surface area contributed by atoms with Gasteiger partial charge in [-0.15, -0.1) is 0 Å². The molecule has 1 N–H and O–H groups in total. The van der Waals surface area contributed by atoms with Crippen LogP contribution in [-0.2, 0) is 0 Å². The number of nitrogens with zero attached hydrogens (tertiary/aromatic N) is 2. The van der Waals surface area contributed by atoms with Crippen molar-refractivity contribution in [1.29, 1.82) is 0 Å². The fraction of sp³-hybridized carbons (Fsp3) is 0.462. The first kappa shape index (κ1) is 10.6. The molecule has 1 fully saturated rings. The van der Waals surface area contributed by atoms with E-state index in [-0.39, 0.29) is 0 Å². The maximum Gasteiger partial charge on any atom is 0.140 e. The molecule has 90 valence electrons. The van der Waals surface area contributed by atoms with Crippen LogP contribution in [0.15, 0.2) is 24.5 Å². The second-order valence-electron chi connectivity index (χ2n) is 4.50. The van der Waals surface area contributed by atoms with E-state index in [0.29, 0.717) is 6.04 Å². The van der Waals surface area contributed by atoms with Gasteiger partial charge in [-0.2, -0.15) is 0 Å². The van der Waals surface area contributed by atoms with Gasteiger partial charge in [-0.25, -0.2) is 4.98 Å². The van der Waals surface area contributed by atoms with Gasteiger partial charge in [0.05, 0.1) is 18.8 Å². The molecule has 1 aliphatic rings. The van der Waals surface area contributed by atoms with E-state index in [9.17, 15) is 0 Å². The van der Waals surface area contributed by atoms with Crippen molar-refractivity contribution in [2.24, 2.45) is 0 Å². The molecular weight excluding hydrogens is 214 g/mol. The van der Waals surface area contributed by atoms with Crippen LogP contribution in [0, 0.1) is 0 Å². The van der Waals surface area contributed by atoms with Crippen molar-refractivity contribution in [1.82, 2.24) is 14.7 Å². The summed E-state index contributed by atoms with van der Waals surface area (Å²) in [6.07, 6.45) is 7.85. The molecule has 2 aromatic rings. The summed E-state index contributed by atoms with van der Waals surface area (Å²) in [5.74, 6) is 0.853. The first-order valence-corrected chi connectivity index (χ1v) is 6.13. The van der Waals surface area contributed by atoms with Crippen molar-refractivity contribution in [2.75, 3.05) is 13.7 Å². The van der Waals surface area contributed by atoms with Crippen LogP contribution < -0.4 is 10.1 Å². The van der Waals surface area contributed by atoms with Gasteiger partial charge in [0.2, 0.25) is 0 Å². The number of fused-ring (bicyclic) bond motifs is 1. The van der Waals surface area contributed by atoms with Gasteiger partial charge in [-0.05, 0) is 25.5 Å². The van der Waals surface area contributed by atoms with Gasteiger partial charge in [0, 0.05) is 18.5 Å². The molecule has 2 aromatic heterocycles. The van der Waals surface area contributed by atoms with E-state index < -0.39 is 0 Å². The summed E-state index contributed by atoms with van der Waals surface area (Å²) >= 11 is 0. The molecule has 1 aliphatic heterocycles. The summed E-state index contributed by atoms with van der Waals surface area (Å²) in [7, 11) is 1.68. The Morgan fingerprint density at radius 2 is 2.41 bits per heavy atom. The molecule has 0 aliphatic carbocycles. The van der Waals surface area contributed by atoms with Crippen molar-refractivity contribution in [2.45, 2.75) is 25.3 Å². The van der Waals surface area contributed by atoms with E-state index in [1.165, 1.54) is 19.3 Å². The van der Waals surface area contributed by atoms with E-state index in [1.807, 2.05) is 22.7 Å². The Kier molecular flexibility index (Phi) is 2.73. The first-order chi connectivity index (χ1) is 8.36. The van der Waals surface area contributed by atoms with Gasteiger partial charge < -0.3 is 14.5 Å². The van der Waals surface area contributed by atoms with Crippen LogP contribution >= 0.6 is 0 Å². The number of hydrogen-bond acceptors (Lipinski definition) is 3. The maximum atomic E-state index is 5.21. The van der Waals surface area contributed by atoms with E-state index in [0.717, 1.165) is 23.6 Å². The number of rotatable bonds is 2. The third-order valence-corrected chi connectivity index (χ3v) is 3.35. The highest BCUT2D eigenvalue weighted by atomic mass is 16.5. The van der Waals surface area contributed by atoms with E-state index in [1.54, 1.807) is 7.11 Å². The van der Waals surface area contributed by atoms with Gasteiger partial charge in [-0.3, -0.25) is 0 Å². The van der Waals surface area contributed by atoms with Gasteiger partial charge in [0.1, 0.15) is 11.4 Å². The van der Waals surface area contributed by atoms with Gasteiger partial charge in [0.15, 0.2) is 0 Å². The summed E-state index contributed by atoms with van der Waals surface area (Å²) in [5.41, 5.74) is 2.09. The van der Waals surface area contributed by atoms with Crippen LogP contribution in [0.5, 0.6) is 5.75 Å². The number of piperidine rings is 1. The van der Waals surface area contributed by atoms with Crippen molar-refractivity contribution < 1.29 is 4.74 Å². The first-order valence-electron chi connectivity index (χ1n) is 6.13. The predicted octanol–water partition coefficient (Wildman–Crippen LogP) is 2.16. The number of aromatic nitrogens is 2. The molecule has 17 heavy (non-hydrogen) atoms. The van der Waals surface area contributed by atoms with Crippen molar-refractivity contribution in [3.63, 3.8) is 0 Å². The zero-order valence-electron chi connectivity index (χ0n) is 10.0. The standard InChI is InChI=1S/C13H17N3O/c1-17-10-5-7-16-9-12(15-13(16)8-10)11-4-2-3-6-14-11/h5,7-9,11,14H,2-4,6H2,1H3. The number of hydrogen-bond donors (Lipinski definition) is 1. The molecule has 1 unspecified atom stereocenters.